The Hall–Kier alpha value is -1.80. The number of amides is 1. The monoisotopic (exact) mass is 325 g/mol. The number of thioether (sulfide) groups is 1. The Morgan fingerprint density at radius 2 is 2.29 bits per heavy atom. The summed E-state index contributed by atoms with van der Waals surface area (Å²) in [6, 6.07) is 4.11. The van der Waals surface area contributed by atoms with Gasteiger partial charge in [0.2, 0.25) is 0 Å². The summed E-state index contributed by atoms with van der Waals surface area (Å²) in [5.74, 6) is -0.764. The summed E-state index contributed by atoms with van der Waals surface area (Å²) in [4.78, 5) is 27.4. The molecule has 0 aliphatic rings. The summed E-state index contributed by atoms with van der Waals surface area (Å²) >= 11 is 2.83. The first kappa shape index (κ1) is 15.6. The number of hydrogen-bond donors (Lipinski definition) is 3. The quantitative estimate of drug-likeness (QED) is 0.748. The fourth-order valence-electron chi connectivity index (χ4n) is 1.82. The van der Waals surface area contributed by atoms with E-state index in [0.29, 0.717) is 22.9 Å². The van der Waals surface area contributed by atoms with Crippen LogP contribution in [0.15, 0.2) is 18.2 Å². The van der Waals surface area contributed by atoms with Crippen molar-refractivity contribution in [2.24, 2.45) is 0 Å². The number of nitrogen functional groups attached to an aromatic ring is 1. The number of anilines is 1. The molecule has 1 amide bonds. The maximum atomic E-state index is 12.1. The fourth-order valence-corrected chi connectivity index (χ4v) is 3.06. The number of hydrogen-bond acceptors (Lipinski definition) is 6. The molecular formula is C13H15N3O3S2. The number of carboxylic acid groups (broad SMARTS) is 1. The van der Waals surface area contributed by atoms with Crippen molar-refractivity contribution in [3.63, 3.8) is 0 Å². The second-order valence-electron chi connectivity index (χ2n) is 4.38. The number of nitrogens with zero attached hydrogens (tertiary/aromatic N) is 1. The van der Waals surface area contributed by atoms with Crippen molar-refractivity contribution in [2.75, 3.05) is 17.7 Å². The van der Waals surface area contributed by atoms with Crippen molar-refractivity contribution in [1.29, 1.82) is 0 Å². The third kappa shape index (κ3) is 3.85. The third-order valence-electron chi connectivity index (χ3n) is 2.88. The Morgan fingerprint density at radius 3 is 2.95 bits per heavy atom. The van der Waals surface area contributed by atoms with Gasteiger partial charge in [0, 0.05) is 5.56 Å². The van der Waals surface area contributed by atoms with Crippen LogP contribution in [0.3, 0.4) is 0 Å². The van der Waals surface area contributed by atoms with Crippen molar-refractivity contribution in [2.45, 2.75) is 12.5 Å². The molecule has 2 rings (SSSR count). The number of thiazole rings is 1. The molecule has 6 nitrogen and oxygen atoms in total. The second kappa shape index (κ2) is 6.77. The van der Waals surface area contributed by atoms with Crippen molar-refractivity contribution >= 4 is 50.3 Å². The van der Waals surface area contributed by atoms with Crippen LogP contribution in [0.5, 0.6) is 0 Å². The molecule has 1 atom stereocenters. The van der Waals surface area contributed by atoms with Crippen LogP contribution in [0, 0.1) is 0 Å². The van der Waals surface area contributed by atoms with E-state index in [0.717, 1.165) is 10.2 Å². The van der Waals surface area contributed by atoms with Gasteiger partial charge in [-0.15, -0.1) is 0 Å². The minimum absolute atomic E-state index is 0.387. The van der Waals surface area contributed by atoms with Crippen molar-refractivity contribution in [1.82, 2.24) is 10.3 Å². The van der Waals surface area contributed by atoms with Crippen LogP contribution in [0.2, 0.25) is 0 Å². The molecule has 0 saturated carbocycles. The first-order valence-corrected chi connectivity index (χ1v) is 8.41. The van der Waals surface area contributed by atoms with Crippen LogP contribution < -0.4 is 11.1 Å². The normalized spacial score (nSPS) is 12.2. The van der Waals surface area contributed by atoms with E-state index in [1.165, 1.54) is 23.1 Å². The first-order chi connectivity index (χ1) is 10.0. The van der Waals surface area contributed by atoms with Crippen LogP contribution in [-0.4, -0.2) is 40.0 Å². The van der Waals surface area contributed by atoms with Gasteiger partial charge in [-0.05, 0) is 36.6 Å². The van der Waals surface area contributed by atoms with Crippen LogP contribution in [0.25, 0.3) is 10.2 Å². The van der Waals surface area contributed by atoms with Crippen LogP contribution in [0.1, 0.15) is 16.8 Å². The van der Waals surface area contributed by atoms with E-state index in [1.54, 1.807) is 18.2 Å². The Bertz CT molecular complexity index is 672. The smallest absolute Gasteiger partial charge is 0.326 e. The van der Waals surface area contributed by atoms with E-state index in [4.69, 9.17) is 10.8 Å². The largest absolute Gasteiger partial charge is 0.480 e. The molecule has 21 heavy (non-hydrogen) atoms. The lowest BCUT2D eigenvalue weighted by Crippen LogP contribution is -2.41. The van der Waals surface area contributed by atoms with E-state index in [9.17, 15) is 9.59 Å². The van der Waals surface area contributed by atoms with Gasteiger partial charge in [0.15, 0.2) is 5.13 Å². The summed E-state index contributed by atoms with van der Waals surface area (Å²) in [6.45, 7) is 0. The Kier molecular flexibility index (Phi) is 5.03. The number of rotatable bonds is 6. The van der Waals surface area contributed by atoms with Crippen LogP contribution >= 0.6 is 23.1 Å². The minimum Gasteiger partial charge on any atom is -0.480 e. The number of benzene rings is 1. The fraction of sp³-hybridized carbons (Fsp3) is 0.308. The SMILES string of the molecule is CSCC[C@@H](NC(=O)c1ccc2nc(N)sc2c1)C(=O)O. The number of carboxylic acids is 1. The van der Waals surface area contributed by atoms with Crippen LogP contribution in [0.4, 0.5) is 5.13 Å². The molecule has 0 unspecified atom stereocenters. The lowest BCUT2D eigenvalue weighted by molar-refractivity contribution is -0.139. The molecule has 0 bridgehead atoms. The maximum Gasteiger partial charge on any atom is 0.326 e. The van der Waals surface area contributed by atoms with E-state index in [-0.39, 0.29) is 0 Å². The molecule has 0 aliphatic heterocycles. The Balaban J connectivity index is 2.14. The highest BCUT2D eigenvalue weighted by Crippen LogP contribution is 2.24. The zero-order chi connectivity index (χ0) is 15.4. The summed E-state index contributed by atoms with van der Waals surface area (Å²) < 4.78 is 0.802. The predicted molar refractivity (Wildman–Crippen MR) is 85.9 cm³/mol. The highest BCUT2D eigenvalue weighted by molar-refractivity contribution is 7.98. The molecule has 2 aromatic rings. The van der Waals surface area contributed by atoms with Crippen molar-refractivity contribution < 1.29 is 14.7 Å². The van der Waals surface area contributed by atoms with E-state index >= 15 is 0 Å². The number of carbonyl (C=O) groups is 2. The molecule has 112 valence electrons. The lowest BCUT2D eigenvalue weighted by atomic mass is 10.1. The average molecular weight is 325 g/mol. The van der Waals surface area contributed by atoms with E-state index in [1.807, 2.05) is 6.26 Å². The van der Waals surface area contributed by atoms with Gasteiger partial charge in [0.25, 0.3) is 5.91 Å². The summed E-state index contributed by atoms with van der Waals surface area (Å²) in [5.41, 5.74) is 6.75. The number of aromatic nitrogens is 1. The van der Waals surface area contributed by atoms with Gasteiger partial charge in [0.05, 0.1) is 10.2 Å². The summed E-state index contributed by atoms with van der Waals surface area (Å²) in [5, 5.41) is 12.1. The Morgan fingerprint density at radius 1 is 1.52 bits per heavy atom. The summed E-state index contributed by atoms with van der Waals surface area (Å²) in [6.07, 6.45) is 2.28. The average Bonchev–Trinajstić information content (AvgIpc) is 2.81. The molecule has 0 saturated heterocycles. The maximum absolute atomic E-state index is 12.1. The Labute approximate surface area is 129 Å². The number of aliphatic carboxylic acids is 1. The molecule has 0 spiro atoms. The second-order valence-corrected chi connectivity index (χ2v) is 6.43. The van der Waals surface area contributed by atoms with Crippen molar-refractivity contribution in [3.05, 3.63) is 23.8 Å². The highest BCUT2D eigenvalue weighted by atomic mass is 32.2. The van der Waals surface area contributed by atoms with E-state index in [2.05, 4.69) is 10.3 Å². The van der Waals surface area contributed by atoms with Gasteiger partial charge in [0.1, 0.15) is 6.04 Å². The first-order valence-electron chi connectivity index (χ1n) is 6.20. The molecular weight excluding hydrogens is 310 g/mol. The number of fused-ring (bicyclic) bond motifs is 1. The lowest BCUT2D eigenvalue weighted by Gasteiger charge is -2.13. The molecule has 0 fully saturated rings. The highest BCUT2D eigenvalue weighted by Gasteiger charge is 2.20. The minimum atomic E-state index is -1.03. The van der Waals surface area contributed by atoms with Gasteiger partial charge in [-0.1, -0.05) is 11.3 Å². The topological polar surface area (TPSA) is 105 Å². The third-order valence-corrected chi connectivity index (χ3v) is 4.37. The molecule has 4 N–H and O–H groups in total. The van der Waals surface area contributed by atoms with Gasteiger partial charge < -0.3 is 16.2 Å². The molecule has 1 aromatic heterocycles. The van der Waals surface area contributed by atoms with Gasteiger partial charge in [-0.2, -0.15) is 11.8 Å². The number of carbonyl (C=O) groups excluding carboxylic acids is 1. The molecule has 0 aliphatic carbocycles. The molecule has 0 radical (unpaired) electrons. The van der Waals surface area contributed by atoms with Crippen LogP contribution in [-0.2, 0) is 4.79 Å². The van der Waals surface area contributed by atoms with Gasteiger partial charge >= 0.3 is 5.97 Å². The molecule has 1 heterocycles. The zero-order valence-electron chi connectivity index (χ0n) is 11.3. The zero-order valence-corrected chi connectivity index (χ0v) is 13.0. The standard InChI is InChI=1S/C13H15N3O3S2/c1-20-5-4-9(12(18)19)15-11(17)7-2-3-8-10(6-7)21-13(14)16-8/h2-3,6,9H,4-5H2,1H3,(H2,14,16)(H,15,17)(H,18,19)/t9-/m1/s1. The van der Waals surface area contributed by atoms with Gasteiger partial charge in [-0.25, -0.2) is 9.78 Å². The van der Waals surface area contributed by atoms with Gasteiger partial charge in [-0.3, -0.25) is 4.79 Å². The predicted octanol–water partition coefficient (Wildman–Crippen LogP) is 1.81. The number of nitrogens with two attached hydrogens (primary N) is 1. The molecule has 1 aromatic carbocycles. The van der Waals surface area contributed by atoms with Crippen molar-refractivity contribution in [3.8, 4) is 0 Å². The number of nitrogens with one attached hydrogen (secondary N) is 1. The summed E-state index contributed by atoms with van der Waals surface area (Å²) in [7, 11) is 0. The molecule has 8 heteroatoms. The van der Waals surface area contributed by atoms with E-state index < -0.39 is 17.9 Å².